The maximum Gasteiger partial charge on any atom is 0.417 e. The van der Waals surface area contributed by atoms with E-state index in [1.165, 1.54) is 12.1 Å². The Kier molecular flexibility index (Phi) is 4.66. The molecule has 1 heterocycles. The van der Waals surface area contributed by atoms with Crippen LogP contribution in [0.3, 0.4) is 0 Å². The number of hydrogen-bond donors (Lipinski definition) is 0. The molecular weight excluding hydrogens is 347 g/mol. The Labute approximate surface area is 130 Å². The molecule has 2 unspecified atom stereocenters. The van der Waals surface area contributed by atoms with Gasteiger partial charge in [0, 0.05) is 22.6 Å². The molecule has 116 valence electrons. The van der Waals surface area contributed by atoms with Gasteiger partial charge in [0.05, 0.1) is 5.56 Å². The number of likely N-dealkylation sites (tertiary alicyclic amines) is 1. The monoisotopic (exact) mass is 363 g/mol. The summed E-state index contributed by atoms with van der Waals surface area (Å²) in [4.78, 5) is 14.2. The summed E-state index contributed by atoms with van der Waals surface area (Å²) in [5.74, 6) is 0.0345. The number of halogens is 4. The number of nitrogens with zero attached hydrogens (tertiary/aromatic N) is 1. The van der Waals surface area contributed by atoms with Crippen molar-refractivity contribution in [3.63, 3.8) is 0 Å². The first-order chi connectivity index (χ1) is 9.71. The molecule has 0 radical (unpaired) electrons. The maximum absolute atomic E-state index is 12.9. The molecule has 1 aliphatic heterocycles. The third-order valence-corrected chi connectivity index (χ3v) is 4.84. The van der Waals surface area contributed by atoms with Crippen LogP contribution < -0.4 is 0 Å². The smallest absolute Gasteiger partial charge is 0.336 e. The number of alkyl halides is 3. The van der Waals surface area contributed by atoms with Crippen molar-refractivity contribution in [2.24, 2.45) is 5.92 Å². The van der Waals surface area contributed by atoms with Crippen molar-refractivity contribution in [2.75, 3.05) is 6.54 Å². The van der Waals surface area contributed by atoms with E-state index in [1.54, 1.807) is 4.90 Å². The minimum atomic E-state index is -4.48. The maximum atomic E-state index is 12.9. The summed E-state index contributed by atoms with van der Waals surface area (Å²) < 4.78 is 38.7. The lowest BCUT2D eigenvalue weighted by molar-refractivity contribution is -0.138. The van der Waals surface area contributed by atoms with Gasteiger partial charge < -0.3 is 4.90 Å². The molecule has 2 rings (SSSR count). The van der Waals surface area contributed by atoms with Gasteiger partial charge in [-0.15, -0.1) is 0 Å². The molecule has 0 spiro atoms. The molecular formula is C15H17BrF3NO. The number of amides is 1. The molecule has 0 bridgehead atoms. The van der Waals surface area contributed by atoms with Crippen molar-refractivity contribution in [3.05, 3.63) is 33.8 Å². The van der Waals surface area contributed by atoms with Crippen LogP contribution in [0.1, 0.15) is 42.6 Å². The number of piperidine rings is 1. The van der Waals surface area contributed by atoms with Crippen LogP contribution in [0.25, 0.3) is 0 Å². The topological polar surface area (TPSA) is 20.3 Å². The molecule has 1 amide bonds. The van der Waals surface area contributed by atoms with Crippen LogP contribution in [-0.2, 0) is 6.18 Å². The van der Waals surface area contributed by atoms with Crippen molar-refractivity contribution in [3.8, 4) is 0 Å². The molecule has 6 heteroatoms. The van der Waals surface area contributed by atoms with E-state index >= 15 is 0 Å². The Hall–Kier alpha value is -1.04. The zero-order chi connectivity index (χ0) is 15.8. The zero-order valence-corrected chi connectivity index (χ0v) is 13.5. The molecule has 21 heavy (non-hydrogen) atoms. The lowest BCUT2D eigenvalue weighted by Gasteiger charge is -2.38. The van der Waals surface area contributed by atoms with E-state index in [9.17, 15) is 18.0 Å². The number of carbonyl (C=O) groups is 1. The molecule has 2 nitrogen and oxygen atoms in total. The van der Waals surface area contributed by atoms with Crippen molar-refractivity contribution in [1.82, 2.24) is 4.90 Å². The van der Waals surface area contributed by atoms with Crippen LogP contribution in [0.15, 0.2) is 22.7 Å². The van der Waals surface area contributed by atoms with Crippen LogP contribution in [-0.4, -0.2) is 23.4 Å². The fraction of sp³-hybridized carbons (Fsp3) is 0.533. The summed E-state index contributed by atoms with van der Waals surface area (Å²) in [5, 5.41) is 0. The molecule has 1 saturated heterocycles. The second-order valence-electron chi connectivity index (χ2n) is 5.55. The molecule has 1 fully saturated rings. The molecule has 2 atom stereocenters. The average molecular weight is 364 g/mol. The summed E-state index contributed by atoms with van der Waals surface area (Å²) in [7, 11) is 0. The molecule has 1 aliphatic rings. The fourth-order valence-corrected chi connectivity index (χ4v) is 3.13. The Balaban J connectivity index is 2.31. The lowest BCUT2D eigenvalue weighted by atomic mass is 9.91. The minimum Gasteiger partial charge on any atom is -0.336 e. The van der Waals surface area contributed by atoms with Crippen LogP contribution in [0.2, 0.25) is 0 Å². The summed E-state index contributed by atoms with van der Waals surface area (Å²) in [6, 6.07) is 3.70. The quantitative estimate of drug-likeness (QED) is 0.706. The van der Waals surface area contributed by atoms with Crippen LogP contribution >= 0.6 is 15.9 Å². The van der Waals surface area contributed by atoms with Gasteiger partial charge in [0.1, 0.15) is 0 Å². The molecule has 1 aromatic carbocycles. The predicted octanol–water partition coefficient (Wildman–Crippen LogP) is 4.73. The largest absolute Gasteiger partial charge is 0.417 e. The normalized spacial score (nSPS) is 23.2. The van der Waals surface area contributed by atoms with Gasteiger partial charge in [0.25, 0.3) is 5.91 Å². The summed E-state index contributed by atoms with van der Waals surface area (Å²) >= 11 is 2.89. The number of carbonyl (C=O) groups excluding carboxylic acids is 1. The van der Waals surface area contributed by atoms with Gasteiger partial charge >= 0.3 is 6.18 Å². The number of rotatable bonds is 1. The number of hydrogen-bond acceptors (Lipinski definition) is 1. The van der Waals surface area contributed by atoms with Gasteiger partial charge in [-0.3, -0.25) is 4.79 Å². The van der Waals surface area contributed by atoms with Gasteiger partial charge in [-0.25, -0.2) is 0 Å². The van der Waals surface area contributed by atoms with E-state index in [0.29, 0.717) is 12.5 Å². The molecule has 0 aliphatic carbocycles. The Morgan fingerprint density at radius 1 is 1.33 bits per heavy atom. The van der Waals surface area contributed by atoms with Crippen molar-refractivity contribution in [2.45, 2.75) is 38.9 Å². The highest BCUT2D eigenvalue weighted by atomic mass is 79.9. The first-order valence-electron chi connectivity index (χ1n) is 6.89. The summed E-state index contributed by atoms with van der Waals surface area (Å²) in [6.45, 7) is 4.61. The minimum absolute atomic E-state index is 0.0456. The van der Waals surface area contributed by atoms with E-state index in [-0.39, 0.29) is 22.0 Å². The Morgan fingerprint density at radius 2 is 2.00 bits per heavy atom. The van der Waals surface area contributed by atoms with E-state index in [0.717, 1.165) is 18.9 Å². The first kappa shape index (κ1) is 16.3. The lowest BCUT2D eigenvalue weighted by Crippen LogP contribution is -2.46. The van der Waals surface area contributed by atoms with Crippen LogP contribution in [0.5, 0.6) is 0 Å². The Bertz CT molecular complexity index is 544. The fourth-order valence-electron chi connectivity index (χ4n) is 2.66. The van der Waals surface area contributed by atoms with E-state index in [4.69, 9.17) is 0 Å². The SMILES string of the molecule is CC1CCCN(C(=O)c2ccc(Br)c(C(F)(F)F)c2)C1C. The highest BCUT2D eigenvalue weighted by Gasteiger charge is 2.35. The van der Waals surface area contributed by atoms with Crippen molar-refractivity contribution >= 4 is 21.8 Å². The van der Waals surface area contributed by atoms with Gasteiger partial charge in [-0.2, -0.15) is 13.2 Å². The second-order valence-corrected chi connectivity index (χ2v) is 6.41. The number of benzene rings is 1. The Morgan fingerprint density at radius 3 is 2.62 bits per heavy atom. The molecule has 1 aromatic rings. The predicted molar refractivity (Wildman–Crippen MR) is 78.0 cm³/mol. The van der Waals surface area contributed by atoms with E-state index < -0.39 is 11.7 Å². The summed E-state index contributed by atoms with van der Waals surface area (Å²) in [6.07, 6.45) is -2.55. The van der Waals surface area contributed by atoms with Gasteiger partial charge in [-0.1, -0.05) is 22.9 Å². The van der Waals surface area contributed by atoms with Crippen molar-refractivity contribution < 1.29 is 18.0 Å². The second kappa shape index (κ2) is 5.99. The highest BCUT2D eigenvalue weighted by Crippen LogP contribution is 2.36. The molecule has 0 N–H and O–H groups in total. The van der Waals surface area contributed by atoms with Crippen LogP contribution in [0, 0.1) is 5.92 Å². The zero-order valence-electron chi connectivity index (χ0n) is 11.9. The average Bonchev–Trinajstić information content (AvgIpc) is 2.40. The van der Waals surface area contributed by atoms with E-state index in [2.05, 4.69) is 22.9 Å². The van der Waals surface area contributed by atoms with Gasteiger partial charge in [0.2, 0.25) is 0 Å². The molecule has 0 aromatic heterocycles. The summed E-state index contributed by atoms with van der Waals surface area (Å²) in [5.41, 5.74) is -0.725. The third-order valence-electron chi connectivity index (χ3n) is 4.15. The van der Waals surface area contributed by atoms with Crippen molar-refractivity contribution in [1.29, 1.82) is 0 Å². The standard InChI is InChI=1S/C15H17BrF3NO/c1-9-4-3-7-20(10(9)2)14(21)11-5-6-13(16)12(8-11)15(17,18)19/h5-6,8-10H,3-4,7H2,1-2H3. The third kappa shape index (κ3) is 3.42. The van der Waals surface area contributed by atoms with Gasteiger partial charge in [-0.05, 0) is 43.9 Å². The van der Waals surface area contributed by atoms with Gasteiger partial charge in [0.15, 0.2) is 0 Å². The molecule has 0 saturated carbocycles. The highest BCUT2D eigenvalue weighted by molar-refractivity contribution is 9.10. The first-order valence-corrected chi connectivity index (χ1v) is 7.69. The van der Waals surface area contributed by atoms with Crippen LogP contribution in [0.4, 0.5) is 13.2 Å². The van der Waals surface area contributed by atoms with E-state index in [1.807, 2.05) is 6.92 Å².